The maximum absolute atomic E-state index is 12.5. The number of benzene rings is 2. The molecule has 1 heterocycles. The number of hydrogen-bond donors (Lipinski definition) is 0. The van der Waals surface area contributed by atoms with E-state index in [2.05, 4.69) is 0 Å². The van der Waals surface area contributed by atoms with Crippen molar-refractivity contribution < 1.29 is 19.1 Å². The van der Waals surface area contributed by atoms with Crippen LogP contribution in [0.5, 0.6) is 11.5 Å². The Labute approximate surface area is 152 Å². The number of anilines is 1. The van der Waals surface area contributed by atoms with Crippen molar-refractivity contribution in [3.05, 3.63) is 54.1 Å². The molecule has 3 rings (SSSR count). The van der Waals surface area contributed by atoms with Crippen molar-refractivity contribution in [2.24, 2.45) is 0 Å². The number of fused-ring (bicyclic) bond motifs is 1. The van der Waals surface area contributed by atoms with E-state index in [4.69, 9.17) is 9.47 Å². The lowest BCUT2D eigenvalue weighted by Crippen LogP contribution is -2.46. The lowest BCUT2D eigenvalue weighted by atomic mass is 10.2. The third-order valence-electron chi connectivity index (χ3n) is 4.21. The van der Waals surface area contributed by atoms with Crippen molar-refractivity contribution in [2.75, 3.05) is 38.3 Å². The zero-order valence-corrected chi connectivity index (χ0v) is 15.0. The Balaban J connectivity index is 1.55. The summed E-state index contributed by atoms with van der Waals surface area (Å²) < 4.78 is 11.1. The van der Waals surface area contributed by atoms with Gasteiger partial charge in [-0.1, -0.05) is 24.3 Å². The third-order valence-corrected chi connectivity index (χ3v) is 4.21. The lowest BCUT2D eigenvalue weighted by Gasteiger charge is -2.30. The van der Waals surface area contributed by atoms with Crippen molar-refractivity contribution in [3.8, 4) is 11.5 Å². The zero-order chi connectivity index (χ0) is 18.5. The number of para-hydroxylation sites is 2. The molecule has 0 saturated heterocycles. The molecule has 2 aromatic carbocycles. The minimum atomic E-state index is -0.221. The highest BCUT2D eigenvalue weighted by atomic mass is 16.5. The molecule has 0 spiro atoms. The molecule has 1 aliphatic rings. The van der Waals surface area contributed by atoms with Crippen LogP contribution in [-0.2, 0) is 9.59 Å². The van der Waals surface area contributed by atoms with Gasteiger partial charge < -0.3 is 14.4 Å². The SMILES string of the molecule is Cc1cccc(OCCN(C)C(=O)CN2C(=O)COc3ccccc32)c1. The summed E-state index contributed by atoms with van der Waals surface area (Å²) in [6.45, 7) is 2.76. The molecule has 0 aromatic heterocycles. The second kappa shape index (κ2) is 7.91. The van der Waals surface area contributed by atoms with Crippen LogP contribution in [0.15, 0.2) is 48.5 Å². The molecule has 2 aromatic rings. The number of rotatable bonds is 6. The van der Waals surface area contributed by atoms with Crippen LogP contribution in [-0.4, -0.2) is 50.1 Å². The highest BCUT2D eigenvalue weighted by molar-refractivity contribution is 6.02. The number of likely N-dealkylation sites (N-methyl/N-ethyl adjacent to an activating group) is 1. The van der Waals surface area contributed by atoms with Crippen molar-refractivity contribution >= 4 is 17.5 Å². The molecule has 0 N–H and O–H groups in total. The van der Waals surface area contributed by atoms with Crippen LogP contribution in [0.3, 0.4) is 0 Å². The topological polar surface area (TPSA) is 59.1 Å². The predicted octanol–water partition coefficient (Wildman–Crippen LogP) is 2.26. The van der Waals surface area contributed by atoms with Gasteiger partial charge >= 0.3 is 0 Å². The Bertz CT molecular complexity index is 806. The van der Waals surface area contributed by atoms with Gasteiger partial charge in [0.2, 0.25) is 5.91 Å². The number of aryl methyl sites for hydroxylation is 1. The normalized spacial score (nSPS) is 13.0. The van der Waals surface area contributed by atoms with E-state index >= 15 is 0 Å². The number of ether oxygens (including phenoxy) is 2. The number of carbonyl (C=O) groups excluding carboxylic acids is 2. The Hall–Kier alpha value is -3.02. The van der Waals surface area contributed by atoms with Gasteiger partial charge in [0.05, 0.1) is 12.2 Å². The van der Waals surface area contributed by atoms with E-state index in [1.807, 2.05) is 43.3 Å². The van der Waals surface area contributed by atoms with Gasteiger partial charge in [-0.3, -0.25) is 14.5 Å². The maximum Gasteiger partial charge on any atom is 0.265 e. The second-order valence-electron chi connectivity index (χ2n) is 6.22. The van der Waals surface area contributed by atoms with Gasteiger partial charge in [0, 0.05) is 7.05 Å². The van der Waals surface area contributed by atoms with Crippen molar-refractivity contribution in [1.29, 1.82) is 0 Å². The number of carbonyl (C=O) groups is 2. The van der Waals surface area contributed by atoms with E-state index in [0.29, 0.717) is 24.6 Å². The van der Waals surface area contributed by atoms with Crippen molar-refractivity contribution in [2.45, 2.75) is 6.92 Å². The molecule has 0 radical (unpaired) electrons. The van der Waals surface area contributed by atoms with Gasteiger partial charge in [0.15, 0.2) is 6.61 Å². The molecular weight excluding hydrogens is 332 g/mol. The van der Waals surface area contributed by atoms with Gasteiger partial charge in [-0.15, -0.1) is 0 Å². The highest BCUT2D eigenvalue weighted by Gasteiger charge is 2.27. The molecule has 2 amide bonds. The maximum atomic E-state index is 12.5. The first-order valence-electron chi connectivity index (χ1n) is 8.50. The van der Waals surface area contributed by atoms with E-state index in [9.17, 15) is 9.59 Å². The van der Waals surface area contributed by atoms with Gasteiger partial charge in [0.25, 0.3) is 5.91 Å². The summed E-state index contributed by atoms with van der Waals surface area (Å²) in [5.41, 5.74) is 1.75. The first kappa shape index (κ1) is 17.8. The summed E-state index contributed by atoms with van der Waals surface area (Å²) in [5, 5.41) is 0. The molecule has 0 saturated carbocycles. The van der Waals surface area contributed by atoms with Gasteiger partial charge in [-0.2, -0.15) is 0 Å². The molecule has 0 unspecified atom stereocenters. The largest absolute Gasteiger partial charge is 0.492 e. The fourth-order valence-corrected chi connectivity index (χ4v) is 2.71. The molecule has 26 heavy (non-hydrogen) atoms. The minimum Gasteiger partial charge on any atom is -0.492 e. The quantitative estimate of drug-likeness (QED) is 0.798. The molecule has 1 aliphatic heterocycles. The summed E-state index contributed by atoms with van der Waals surface area (Å²) in [6.07, 6.45) is 0. The number of amides is 2. The van der Waals surface area contributed by atoms with Gasteiger partial charge in [0.1, 0.15) is 24.7 Å². The summed E-state index contributed by atoms with van der Waals surface area (Å²) in [4.78, 5) is 27.7. The average Bonchev–Trinajstić information content (AvgIpc) is 2.64. The van der Waals surface area contributed by atoms with Gasteiger partial charge in [-0.05, 0) is 36.8 Å². The van der Waals surface area contributed by atoms with Crippen LogP contribution >= 0.6 is 0 Å². The van der Waals surface area contributed by atoms with Crippen LogP contribution in [0.4, 0.5) is 5.69 Å². The molecule has 6 nitrogen and oxygen atoms in total. The molecular formula is C20H22N2O4. The molecule has 0 atom stereocenters. The highest BCUT2D eigenvalue weighted by Crippen LogP contribution is 2.31. The Kier molecular flexibility index (Phi) is 5.41. The third kappa shape index (κ3) is 4.14. The first-order valence-corrected chi connectivity index (χ1v) is 8.50. The van der Waals surface area contributed by atoms with E-state index < -0.39 is 0 Å². The van der Waals surface area contributed by atoms with Crippen LogP contribution in [0.1, 0.15) is 5.56 Å². The fourth-order valence-electron chi connectivity index (χ4n) is 2.71. The Morgan fingerprint density at radius 2 is 2.04 bits per heavy atom. The molecule has 0 fully saturated rings. The fraction of sp³-hybridized carbons (Fsp3) is 0.300. The molecule has 0 bridgehead atoms. The van der Waals surface area contributed by atoms with Crippen molar-refractivity contribution in [3.63, 3.8) is 0 Å². The minimum absolute atomic E-state index is 0.0137. The monoisotopic (exact) mass is 354 g/mol. The Morgan fingerprint density at radius 1 is 1.23 bits per heavy atom. The van der Waals surface area contributed by atoms with E-state index in [1.165, 1.54) is 4.90 Å². The summed E-state index contributed by atoms with van der Waals surface area (Å²) in [6, 6.07) is 15.0. The van der Waals surface area contributed by atoms with E-state index in [1.54, 1.807) is 24.1 Å². The molecule has 0 aliphatic carbocycles. The van der Waals surface area contributed by atoms with Crippen LogP contribution in [0.2, 0.25) is 0 Å². The summed E-state index contributed by atoms with van der Waals surface area (Å²) in [7, 11) is 1.71. The van der Waals surface area contributed by atoms with E-state index in [0.717, 1.165) is 11.3 Å². The number of hydrogen-bond acceptors (Lipinski definition) is 4. The summed E-state index contributed by atoms with van der Waals surface area (Å²) in [5.74, 6) is 1.03. The molecule has 6 heteroatoms. The van der Waals surface area contributed by atoms with E-state index in [-0.39, 0.29) is 25.0 Å². The smallest absolute Gasteiger partial charge is 0.265 e. The zero-order valence-electron chi connectivity index (χ0n) is 15.0. The molecule has 136 valence electrons. The number of nitrogens with zero attached hydrogens (tertiary/aromatic N) is 2. The van der Waals surface area contributed by atoms with Crippen molar-refractivity contribution in [1.82, 2.24) is 4.90 Å². The average molecular weight is 354 g/mol. The lowest BCUT2D eigenvalue weighted by molar-refractivity contribution is -0.131. The predicted molar refractivity (Wildman–Crippen MR) is 98.6 cm³/mol. The second-order valence-corrected chi connectivity index (χ2v) is 6.22. The van der Waals surface area contributed by atoms with Crippen LogP contribution in [0.25, 0.3) is 0 Å². The van der Waals surface area contributed by atoms with Gasteiger partial charge in [-0.25, -0.2) is 0 Å². The first-order chi connectivity index (χ1) is 12.5. The summed E-state index contributed by atoms with van der Waals surface area (Å²) >= 11 is 0. The van der Waals surface area contributed by atoms with Crippen LogP contribution in [0, 0.1) is 6.92 Å². The Morgan fingerprint density at radius 3 is 2.85 bits per heavy atom. The van der Waals surface area contributed by atoms with Crippen LogP contribution < -0.4 is 14.4 Å². The standard InChI is InChI=1S/C20H22N2O4/c1-15-6-5-7-16(12-15)25-11-10-21(2)19(23)13-22-17-8-3-4-9-18(17)26-14-20(22)24/h3-9,12H,10-11,13-14H2,1-2H3.